The predicted molar refractivity (Wildman–Crippen MR) is 157 cm³/mol. The lowest BCUT2D eigenvalue weighted by molar-refractivity contribution is -0.137. The summed E-state index contributed by atoms with van der Waals surface area (Å²) in [5, 5.41) is 23.9. The molecule has 0 radical (unpaired) electrons. The van der Waals surface area contributed by atoms with Crippen LogP contribution in [0.5, 0.6) is 11.5 Å². The molecule has 3 aliphatic rings. The SMILES string of the molecule is COc1cc(C=O)cc2c1OC1C2C(C(=O)NCCO)=CC(N(CCc2cccc(F)c2)C(=O)CCC2CCCC2)C1O. The van der Waals surface area contributed by atoms with Gasteiger partial charge in [0.05, 0.1) is 25.7 Å². The number of rotatable bonds is 12. The molecule has 3 N–H and O–H groups in total. The van der Waals surface area contributed by atoms with Gasteiger partial charge in [0, 0.05) is 36.2 Å². The number of carbonyl (C=O) groups is 3. The minimum absolute atomic E-state index is 0.00972. The van der Waals surface area contributed by atoms with Gasteiger partial charge in [-0.1, -0.05) is 37.8 Å². The molecule has 4 atom stereocenters. The summed E-state index contributed by atoms with van der Waals surface area (Å²) in [4.78, 5) is 40.6. The van der Waals surface area contributed by atoms with Crippen LogP contribution in [0.4, 0.5) is 4.39 Å². The van der Waals surface area contributed by atoms with E-state index >= 15 is 0 Å². The maximum absolute atomic E-state index is 14.0. The Balaban J connectivity index is 1.51. The number of amides is 2. The van der Waals surface area contributed by atoms with Crippen molar-refractivity contribution in [3.05, 3.63) is 70.6 Å². The smallest absolute Gasteiger partial charge is 0.247 e. The molecular formula is C33H39FN2O7. The van der Waals surface area contributed by atoms with E-state index in [4.69, 9.17) is 9.47 Å². The summed E-state index contributed by atoms with van der Waals surface area (Å²) in [6.45, 7) is -0.0652. The van der Waals surface area contributed by atoms with Crippen LogP contribution in [-0.2, 0) is 16.0 Å². The zero-order valence-electron chi connectivity index (χ0n) is 24.3. The molecule has 0 aromatic heterocycles. The second-order valence-electron chi connectivity index (χ2n) is 11.6. The van der Waals surface area contributed by atoms with Crippen molar-refractivity contribution < 1.29 is 38.5 Å². The first-order valence-corrected chi connectivity index (χ1v) is 15.0. The number of carbonyl (C=O) groups excluding carboxylic acids is 3. The first-order chi connectivity index (χ1) is 20.8. The second kappa shape index (κ2) is 13.7. The van der Waals surface area contributed by atoms with Crippen LogP contribution in [0.25, 0.3) is 0 Å². The van der Waals surface area contributed by atoms with Crippen LogP contribution in [-0.4, -0.2) is 78.3 Å². The van der Waals surface area contributed by atoms with Crippen LogP contribution in [0.2, 0.25) is 0 Å². The first kappa shape index (κ1) is 30.7. The van der Waals surface area contributed by atoms with Crippen molar-refractivity contribution in [1.29, 1.82) is 0 Å². The number of benzene rings is 2. The number of halogens is 1. The molecule has 230 valence electrons. The standard InChI is InChI=1S/C33H39FN2O7/c1-42-27-17-22(19-38)16-24-29-25(33(41)35-12-14-37)18-26(30(40)32(29)43-31(24)27)36(13-11-21-7-4-8-23(34)15-21)28(39)10-9-20-5-2-3-6-20/h4,7-8,15-20,26,29-30,32,37,40H,2-3,5-6,9-14H2,1H3,(H,35,41). The highest BCUT2D eigenvalue weighted by molar-refractivity contribution is 5.96. The van der Waals surface area contributed by atoms with Gasteiger partial charge in [-0.2, -0.15) is 0 Å². The highest BCUT2D eigenvalue weighted by Crippen LogP contribution is 2.51. The lowest BCUT2D eigenvalue weighted by Gasteiger charge is -2.41. The van der Waals surface area contributed by atoms with Crippen LogP contribution in [0.3, 0.4) is 0 Å². The highest BCUT2D eigenvalue weighted by atomic mass is 19.1. The molecular weight excluding hydrogens is 555 g/mol. The van der Waals surface area contributed by atoms with E-state index in [9.17, 15) is 29.0 Å². The number of aldehydes is 1. The summed E-state index contributed by atoms with van der Waals surface area (Å²) < 4.78 is 25.7. The first-order valence-electron chi connectivity index (χ1n) is 15.0. The summed E-state index contributed by atoms with van der Waals surface area (Å²) in [5.41, 5.74) is 1.81. The van der Waals surface area contributed by atoms with Gasteiger partial charge < -0.3 is 29.9 Å². The number of hydrogen-bond donors (Lipinski definition) is 3. The van der Waals surface area contributed by atoms with E-state index in [0.29, 0.717) is 53.2 Å². The third kappa shape index (κ3) is 6.60. The van der Waals surface area contributed by atoms with Crippen LogP contribution >= 0.6 is 0 Å². The Morgan fingerprint density at radius 2 is 2.00 bits per heavy atom. The molecule has 9 nitrogen and oxygen atoms in total. The average Bonchev–Trinajstić information content (AvgIpc) is 3.68. The Kier molecular flexibility index (Phi) is 9.77. The fourth-order valence-corrected chi connectivity index (χ4v) is 6.71. The van der Waals surface area contributed by atoms with Crippen molar-refractivity contribution in [3.63, 3.8) is 0 Å². The largest absolute Gasteiger partial charge is 0.493 e. The van der Waals surface area contributed by atoms with E-state index in [0.717, 1.165) is 32.1 Å². The molecule has 2 aromatic carbocycles. The van der Waals surface area contributed by atoms with Crippen LogP contribution in [0.15, 0.2) is 48.0 Å². The fourth-order valence-electron chi connectivity index (χ4n) is 6.71. The maximum atomic E-state index is 14.0. The Bertz CT molecular complexity index is 1370. The molecule has 4 unspecified atom stereocenters. The number of aliphatic hydroxyl groups excluding tert-OH is 2. The normalized spacial score (nSPS) is 22.7. The molecule has 1 saturated carbocycles. The molecule has 43 heavy (non-hydrogen) atoms. The third-order valence-electron chi connectivity index (χ3n) is 8.86. The summed E-state index contributed by atoms with van der Waals surface area (Å²) in [6, 6.07) is 8.42. The van der Waals surface area contributed by atoms with Crippen molar-refractivity contribution in [1.82, 2.24) is 10.2 Å². The number of fused-ring (bicyclic) bond motifs is 3. The Labute approximate surface area is 250 Å². The van der Waals surface area contributed by atoms with E-state index in [1.807, 2.05) is 0 Å². The maximum Gasteiger partial charge on any atom is 0.247 e. The number of methoxy groups -OCH3 is 1. The molecule has 0 spiro atoms. The van der Waals surface area contributed by atoms with E-state index in [2.05, 4.69) is 5.32 Å². The van der Waals surface area contributed by atoms with Crippen LogP contribution in [0, 0.1) is 11.7 Å². The van der Waals surface area contributed by atoms with Gasteiger partial charge in [0.1, 0.15) is 24.3 Å². The van der Waals surface area contributed by atoms with E-state index < -0.39 is 30.1 Å². The second-order valence-corrected chi connectivity index (χ2v) is 11.6. The summed E-state index contributed by atoms with van der Waals surface area (Å²) in [5.74, 6) is -0.652. The lowest BCUT2D eigenvalue weighted by Crippen LogP contribution is -2.56. The molecule has 1 fully saturated rings. The minimum Gasteiger partial charge on any atom is -0.493 e. The molecule has 2 aliphatic carbocycles. The van der Waals surface area contributed by atoms with Gasteiger partial charge in [-0.05, 0) is 54.7 Å². The molecule has 2 amide bonds. The lowest BCUT2D eigenvalue weighted by atomic mass is 9.77. The van der Waals surface area contributed by atoms with Gasteiger partial charge >= 0.3 is 0 Å². The van der Waals surface area contributed by atoms with Gasteiger partial charge in [0.15, 0.2) is 11.5 Å². The number of nitrogens with zero attached hydrogens (tertiary/aromatic N) is 1. The summed E-state index contributed by atoms with van der Waals surface area (Å²) >= 11 is 0. The van der Waals surface area contributed by atoms with Crippen LogP contribution in [0.1, 0.15) is 65.9 Å². The molecule has 10 heteroatoms. The summed E-state index contributed by atoms with van der Waals surface area (Å²) in [7, 11) is 1.44. The van der Waals surface area contributed by atoms with Crippen molar-refractivity contribution in [3.8, 4) is 11.5 Å². The minimum atomic E-state index is -1.22. The number of ether oxygens (including phenoxy) is 2. The third-order valence-corrected chi connectivity index (χ3v) is 8.86. The van der Waals surface area contributed by atoms with Gasteiger partial charge in [-0.25, -0.2) is 4.39 Å². The van der Waals surface area contributed by atoms with Gasteiger partial charge in [-0.3, -0.25) is 14.4 Å². The van der Waals surface area contributed by atoms with Gasteiger partial charge in [0.2, 0.25) is 11.8 Å². The van der Waals surface area contributed by atoms with Crippen molar-refractivity contribution in [2.75, 3.05) is 26.8 Å². The van der Waals surface area contributed by atoms with E-state index in [-0.39, 0.29) is 37.0 Å². The van der Waals surface area contributed by atoms with Gasteiger partial charge in [-0.15, -0.1) is 0 Å². The monoisotopic (exact) mass is 594 g/mol. The van der Waals surface area contributed by atoms with Crippen molar-refractivity contribution >= 4 is 18.1 Å². The Morgan fingerprint density at radius 1 is 1.21 bits per heavy atom. The highest BCUT2D eigenvalue weighted by Gasteiger charge is 2.51. The quantitative estimate of drug-likeness (QED) is 0.322. The molecule has 1 aliphatic heterocycles. The van der Waals surface area contributed by atoms with Crippen molar-refractivity contribution in [2.24, 2.45) is 5.92 Å². The topological polar surface area (TPSA) is 125 Å². The molecule has 0 bridgehead atoms. The zero-order valence-corrected chi connectivity index (χ0v) is 24.3. The van der Waals surface area contributed by atoms with E-state index in [1.54, 1.807) is 29.2 Å². The Hall–Kier alpha value is -3.76. The Morgan fingerprint density at radius 3 is 2.70 bits per heavy atom. The molecule has 0 saturated heterocycles. The molecule has 1 heterocycles. The number of nitrogens with one attached hydrogen (secondary N) is 1. The predicted octanol–water partition coefficient (Wildman–Crippen LogP) is 3.31. The van der Waals surface area contributed by atoms with Crippen LogP contribution < -0.4 is 14.8 Å². The number of aliphatic hydroxyl groups is 2. The summed E-state index contributed by atoms with van der Waals surface area (Å²) in [6.07, 6.45) is 6.00. The fraction of sp³-hybridized carbons (Fsp3) is 0.485. The number of hydrogen-bond acceptors (Lipinski definition) is 7. The molecule has 2 aromatic rings. The zero-order chi connectivity index (χ0) is 30.5. The van der Waals surface area contributed by atoms with Crippen molar-refractivity contribution in [2.45, 2.75) is 69.1 Å². The van der Waals surface area contributed by atoms with E-state index in [1.165, 1.54) is 25.3 Å². The molecule has 5 rings (SSSR count). The van der Waals surface area contributed by atoms with Gasteiger partial charge in [0.25, 0.3) is 0 Å². The average molecular weight is 595 g/mol.